The van der Waals surface area contributed by atoms with Crippen molar-refractivity contribution < 1.29 is 0 Å². The minimum atomic E-state index is 0.117. The maximum Gasteiger partial charge on any atom is 0.0669 e. The van der Waals surface area contributed by atoms with Gasteiger partial charge in [-0.3, -0.25) is 9.98 Å². The van der Waals surface area contributed by atoms with Gasteiger partial charge in [0.2, 0.25) is 0 Å². The van der Waals surface area contributed by atoms with E-state index in [4.69, 9.17) is 9.98 Å². The molecule has 0 atom stereocenters. The van der Waals surface area contributed by atoms with Crippen molar-refractivity contribution in [3.63, 3.8) is 0 Å². The van der Waals surface area contributed by atoms with Crippen LogP contribution in [0.25, 0.3) is 11.1 Å². The van der Waals surface area contributed by atoms with Crippen molar-refractivity contribution in [3.05, 3.63) is 82.9 Å². The maximum absolute atomic E-state index is 4.94. The summed E-state index contributed by atoms with van der Waals surface area (Å²) < 4.78 is 0. The topological polar surface area (TPSA) is 24.7 Å². The van der Waals surface area contributed by atoms with Crippen LogP contribution in [0.1, 0.15) is 63.8 Å². The summed E-state index contributed by atoms with van der Waals surface area (Å²) in [6.45, 7) is 13.5. The molecule has 0 aromatic heterocycles. The van der Waals surface area contributed by atoms with Crippen LogP contribution in [0.15, 0.2) is 70.6 Å². The van der Waals surface area contributed by atoms with Crippen molar-refractivity contribution in [2.75, 3.05) is 0 Å². The molecule has 3 aromatic rings. The first-order chi connectivity index (χ1) is 15.1. The molecule has 2 heteroatoms. The second-order valence-electron chi connectivity index (χ2n) is 11.2. The highest BCUT2D eigenvalue weighted by molar-refractivity contribution is 6.06. The Morgan fingerprint density at radius 2 is 1.09 bits per heavy atom. The molecular weight excluding hydrogens is 388 g/mol. The molecule has 0 radical (unpaired) electrons. The molecule has 0 bridgehead atoms. The summed E-state index contributed by atoms with van der Waals surface area (Å²) in [5.41, 5.74) is 12.7. The van der Waals surface area contributed by atoms with Gasteiger partial charge in [-0.25, -0.2) is 0 Å². The van der Waals surface area contributed by atoms with Crippen LogP contribution in [0.5, 0.6) is 0 Å². The zero-order chi connectivity index (χ0) is 22.7. The molecule has 2 aliphatic rings. The SMILES string of the molecule is CC(C)(C)C1=Nc2ccc(-c3ccc4c(c3)CC(c3ccc(C(C)(C)C)cc3)=N4)cc2C1. The standard InChI is InChI=1S/C30H32N2/c1-29(2,3)24-11-7-19(8-12-24)27-17-22-15-20(9-13-25(22)31-27)21-10-14-26-23(16-21)18-28(32-26)30(4,5)6/h7-16H,17-18H2,1-6H3. The minimum Gasteiger partial charge on any atom is -0.257 e. The van der Waals surface area contributed by atoms with Crippen molar-refractivity contribution in [2.24, 2.45) is 15.4 Å². The van der Waals surface area contributed by atoms with Gasteiger partial charge in [0.1, 0.15) is 0 Å². The lowest BCUT2D eigenvalue weighted by Gasteiger charge is -2.19. The average molecular weight is 421 g/mol. The summed E-state index contributed by atoms with van der Waals surface area (Å²) in [4.78, 5) is 9.82. The number of hydrogen-bond acceptors (Lipinski definition) is 2. The third-order valence-corrected chi connectivity index (χ3v) is 6.67. The van der Waals surface area contributed by atoms with E-state index in [0.29, 0.717) is 0 Å². The highest BCUT2D eigenvalue weighted by Gasteiger charge is 2.25. The van der Waals surface area contributed by atoms with Crippen LogP contribution in [0.3, 0.4) is 0 Å². The van der Waals surface area contributed by atoms with E-state index in [0.717, 1.165) is 29.9 Å². The van der Waals surface area contributed by atoms with Gasteiger partial charge in [0.25, 0.3) is 0 Å². The van der Waals surface area contributed by atoms with Crippen LogP contribution < -0.4 is 0 Å². The fraction of sp³-hybridized carbons (Fsp3) is 0.333. The molecule has 2 aliphatic heterocycles. The molecule has 3 aromatic carbocycles. The first-order valence-electron chi connectivity index (χ1n) is 11.6. The molecule has 0 unspecified atom stereocenters. The molecule has 0 fully saturated rings. The van der Waals surface area contributed by atoms with Crippen molar-refractivity contribution in [1.82, 2.24) is 0 Å². The van der Waals surface area contributed by atoms with Crippen molar-refractivity contribution in [1.29, 1.82) is 0 Å². The monoisotopic (exact) mass is 420 g/mol. The Bertz CT molecular complexity index is 1260. The minimum absolute atomic E-state index is 0.117. The van der Waals surface area contributed by atoms with E-state index in [1.165, 1.54) is 39.1 Å². The van der Waals surface area contributed by atoms with Gasteiger partial charge in [0, 0.05) is 24.0 Å². The summed E-state index contributed by atoms with van der Waals surface area (Å²) >= 11 is 0. The fourth-order valence-electron chi connectivity index (χ4n) is 4.52. The summed E-state index contributed by atoms with van der Waals surface area (Å²) in [6, 6.07) is 22.3. The van der Waals surface area contributed by atoms with Crippen LogP contribution >= 0.6 is 0 Å². The van der Waals surface area contributed by atoms with Crippen LogP contribution in [0.2, 0.25) is 0 Å². The van der Waals surface area contributed by atoms with Gasteiger partial charge >= 0.3 is 0 Å². The van der Waals surface area contributed by atoms with Gasteiger partial charge in [-0.15, -0.1) is 0 Å². The van der Waals surface area contributed by atoms with Crippen molar-refractivity contribution >= 4 is 22.8 Å². The molecule has 2 heterocycles. The van der Waals surface area contributed by atoms with Gasteiger partial charge in [-0.05, 0) is 63.1 Å². The van der Waals surface area contributed by atoms with E-state index >= 15 is 0 Å². The summed E-state index contributed by atoms with van der Waals surface area (Å²) in [5.74, 6) is 0. The quantitative estimate of drug-likeness (QED) is 0.401. The predicted molar refractivity (Wildman–Crippen MR) is 137 cm³/mol. The largest absolute Gasteiger partial charge is 0.257 e. The van der Waals surface area contributed by atoms with Gasteiger partial charge in [-0.2, -0.15) is 0 Å². The molecule has 2 nitrogen and oxygen atoms in total. The lowest BCUT2D eigenvalue weighted by Crippen LogP contribution is -2.19. The average Bonchev–Trinajstić information content (AvgIpc) is 3.36. The van der Waals surface area contributed by atoms with Gasteiger partial charge in [0.15, 0.2) is 0 Å². The third-order valence-electron chi connectivity index (χ3n) is 6.67. The number of hydrogen-bond donors (Lipinski definition) is 0. The predicted octanol–water partition coefficient (Wildman–Crippen LogP) is 8.00. The zero-order valence-electron chi connectivity index (χ0n) is 20.1. The van der Waals surface area contributed by atoms with E-state index < -0.39 is 0 Å². The van der Waals surface area contributed by atoms with E-state index in [1.807, 2.05) is 0 Å². The first-order valence-corrected chi connectivity index (χ1v) is 11.6. The second-order valence-corrected chi connectivity index (χ2v) is 11.2. The van der Waals surface area contributed by atoms with Crippen molar-refractivity contribution in [2.45, 2.75) is 59.8 Å². The Balaban J connectivity index is 1.37. The van der Waals surface area contributed by atoms with Gasteiger partial charge in [0.05, 0.1) is 17.1 Å². The highest BCUT2D eigenvalue weighted by Crippen LogP contribution is 2.38. The molecule has 0 aliphatic carbocycles. The Hall–Kier alpha value is -3.00. The fourth-order valence-corrected chi connectivity index (χ4v) is 4.52. The molecule has 0 saturated heterocycles. The maximum atomic E-state index is 4.94. The highest BCUT2D eigenvalue weighted by atomic mass is 14.8. The van der Waals surface area contributed by atoms with E-state index in [9.17, 15) is 0 Å². The smallest absolute Gasteiger partial charge is 0.0669 e. The van der Waals surface area contributed by atoms with Crippen molar-refractivity contribution in [3.8, 4) is 11.1 Å². The van der Waals surface area contributed by atoms with Crippen LogP contribution in [-0.2, 0) is 18.3 Å². The summed E-state index contributed by atoms with van der Waals surface area (Å²) in [6.07, 6.45) is 1.84. The van der Waals surface area contributed by atoms with Crippen LogP contribution in [-0.4, -0.2) is 11.4 Å². The third kappa shape index (κ3) is 3.83. The zero-order valence-corrected chi connectivity index (χ0v) is 20.1. The Labute approximate surface area is 192 Å². The molecule has 0 amide bonds. The van der Waals surface area contributed by atoms with E-state index in [1.54, 1.807) is 0 Å². The van der Waals surface area contributed by atoms with Gasteiger partial charge in [-0.1, -0.05) is 77.9 Å². The Morgan fingerprint density at radius 1 is 0.562 bits per heavy atom. The normalized spacial score (nSPS) is 15.3. The summed E-state index contributed by atoms with van der Waals surface area (Å²) in [7, 11) is 0. The Morgan fingerprint density at radius 3 is 1.66 bits per heavy atom. The molecule has 32 heavy (non-hydrogen) atoms. The van der Waals surface area contributed by atoms with E-state index in [2.05, 4.69) is 102 Å². The lowest BCUT2D eigenvalue weighted by molar-refractivity contribution is 0.584. The molecule has 0 N–H and O–H groups in total. The molecule has 162 valence electrons. The van der Waals surface area contributed by atoms with Crippen LogP contribution in [0.4, 0.5) is 11.4 Å². The number of aliphatic imine (C=N–C) groups is 2. The molecule has 0 spiro atoms. The second kappa shape index (κ2) is 7.27. The van der Waals surface area contributed by atoms with E-state index in [-0.39, 0.29) is 10.8 Å². The lowest BCUT2D eigenvalue weighted by atomic mass is 9.86. The number of rotatable bonds is 2. The Kier molecular flexibility index (Phi) is 4.74. The number of fused-ring (bicyclic) bond motifs is 2. The first kappa shape index (κ1) is 20.9. The summed E-state index contributed by atoms with van der Waals surface area (Å²) in [5, 5.41) is 0. The van der Waals surface area contributed by atoms with Gasteiger partial charge < -0.3 is 0 Å². The molecular formula is C30H32N2. The number of nitrogens with zero attached hydrogens (tertiary/aromatic N) is 2. The number of benzene rings is 3. The molecule has 5 rings (SSSR count). The van der Waals surface area contributed by atoms with Crippen LogP contribution in [0, 0.1) is 5.41 Å². The molecule has 0 saturated carbocycles.